The van der Waals surface area contributed by atoms with E-state index in [2.05, 4.69) is 5.32 Å². The number of para-hydroxylation sites is 2. The van der Waals surface area contributed by atoms with Crippen LogP contribution in [0.1, 0.15) is 22.2 Å². The number of ether oxygens (including phenoxy) is 1. The molecule has 0 bridgehead atoms. The van der Waals surface area contributed by atoms with Gasteiger partial charge in [-0.05, 0) is 43.0 Å². The Kier molecular flexibility index (Phi) is 5.76. The number of fused-ring (bicyclic) bond motifs is 1. The number of hydrogen-bond donors (Lipinski definition) is 1. The second-order valence-corrected chi connectivity index (χ2v) is 7.17. The van der Waals surface area contributed by atoms with E-state index < -0.39 is 0 Å². The van der Waals surface area contributed by atoms with Crippen LogP contribution in [0.3, 0.4) is 0 Å². The molecule has 0 unspecified atom stereocenters. The SMILES string of the molecule is CCN(CC(=O)Nc1ccccc1OC)C(=O)c1sc2ccccc2c1C. The lowest BCUT2D eigenvalue weighted by Crippen LogP contribution is -2.37. The maximum atomic E-state index is 13.0. The predicted molar refractivity (Wildman–Crippen MR) is 110 cm³/mol. The van der Waals surface area contributed by atoms with Crippen molar-refractivity contribution in [1.82, 2.24) is 4.90 Å². The van der Waals surface area contributed by atoms with Crippen LogP contribution in [0.2, 0.25) is 0 Å². The van der Waals surface area contributed by atoms with Crippen molar-refractivity contribution < 1.29 is 14.3 Å². The number of rotatable bonds is 6. The fourth-order valence-electron chi connectivity index (χ4n) is 2.96. The smallest absolute Gasteiger partial charge is 0.264 e. The number of anilines is 1. The molecule has 140 valence electrons. The number of aryl methyl sites for hydroxylation is 1. The van der Waals surface area contributed by atoms with Gasteiger partial charge in [-0.1, -0.05) is 30.3 Å². The second-order valence-electron chi connectivity index (χ2n) is 6.12. The van der Waals surface area contributed by atoms with E-state index in [0.29, 0.717) is 22.9 Å². The van der Waals surface area contributed by atoms with Crippen molar-refractivity contribution in [3.05, 3.63) is 59.0 Å². The number of methoxy groups -OCH3 is 1. The number of hydrogen-bond acceptors (Lipinski definition) is 4. The maximum Gasteiger partial charge on any atom is 0.264 e. The van der Waals surface area contributed by atoms with Crippen molar-refractivity contribution in [1.29, 1.82) is 0 Å². The molecule has 0 radical (unpaired) electrons. The number of carbonyl (C=O) groups excluding carboxylic acids is 2. The molecule has 3 aromatic rings. The highest BCUT2D eigenvalue weighted by Gasteiger charge is 2.22. The third kappa shape index (κ3) is 3.95. The molecular formula is C21H22N2O3S. The summed E-state index contributed by atoms with van der Waals surface area (Å²) >= 11 is 1.47. The van der Waals surface area contributed by atoms with Crippen LogP contribution >= 0.6 is 11.3 Å². The predicted octanol–water partition coefficient (Wildman–Crippen LogP) is 4.32. The van der Waals surface area contributed by atoms with E-state index >= 15 is 0 Å². The monoisotopic (exact) mass is 382 g/mol. The number of amides is 2. The number of nitrogens with one attached hydrogen (secondary N) is 1. The van der Waals surface area contributed by atoms with Crippen molar-refractivity contribution in [3.8, 4) is 5.75 Å². The number of carbonyl (C=O) groups is 2. The molecule has 1 heterocycles. The van der Waals surface area contributed by atoms with E-state index in [1.165, 1.54) is 11.3 Å². The minimum atomic E-state index is -0.256. The summed E-state index contributed by atoms with van der Waals surface area (Å²) in [6.45, 7) is 4.26. The number of thiophene rings is 1. The Morgan fingerprint density at radius 2 is 1.81 bits per heavy atom. The Hall–Kier alpha value is -2.86. The molecule has 0 spiro atoms. The van der Waals surface area contributed by atoms with Gasteiger partial charge in [-0.3, -0.25) is 9.59 Å². The molecule has 0 aliphatic heterocycles. The molecule has 0 saturated carbocycles. The fraction of sp³-hybridized carbons (Fsp3) is 0.238. The van der Waals surface area contributed by atoms with Crippen LogP contribution in [-0.2, 0) is 4.79 Å². The zero-order valence-corrected chi connectivity index (χ0v) is 16.4. The van der Waals surface area contributed by atoms with Crippen molar-refractivity contribution in [2.24, 2.45) is 0 Å². The van der Waals surface area contributed by atoms with Gasteiger partial charge in [0.05, 0.1) is 17.7 Å². The summed E-state index contributed by atoms with van der Waals surface area (Å²) in [5, 5.41) is 3.90. The van der Waals surface area contributed by atoms with Gasteiger partial charge in [0.1, 0.15) is 12.3 Å². The van der Waals surface area contributed by atoms with Crippen LogP contribution in [-0.4, -0.2) is 36.9 Å². The van der Waals surface area contributed by atoms with Crippen molar-refractivity contribution in [2.45, 2.75) is 13.8 Å². The topological polar surface area (TPSA) is 58.6 Å². The van der Waals surface area contributed by atoms with Gasteiger partial charge in [0.15, 0.2) is 0 Å². The first kappa shape index (κ1) is 18.9. The van der Waals surface area contributed by atoms with Gasteiger partial charge in [-0.2, -0.15) is 0 Å². The lowest BCUT2D eigenvalue weighted by molar-refractivity contribution is -0.116. The number of likely N-dealkylation sites (N-methyl/N-ethyl adjacent to an activating group) is 1. The summed E-state index contributed by atoms with van der Waals surface area (Å²) in [5.74, 6) is 0.209. The molecule has 1 N–H and O–H groups in total. The molecule has 0 fully saturated rings. The fourth-order valence-corrected chi connectivity index (χ4v) is 4.14. The Bertz CT molecular complexity index is 980. The van der Waals surface area contributed by atoms with Gasteiger partial charge in [-0.15, -0.1) is 11.3 Å². The van der Waals surface area contributed by atoms with Gasteiger partial charge < -0.3 is 15.0 Å². The van der Waals surface area contributed by atoms with E-state index in [4.69, 9.17) is 4.74 Å². The maximum absolute atomic E-state index is 13.0. The van der Waals surface area contributed by atoms with Crippen molar-refractivity contribution in [3.63, 3.8) is 0 Å². The van der Waals surface area contributed by atoms with Crippen LogP contribution < -0.4 is 10.1 Å². The van der Waals surface area contributed by atoms with Crippen LogP contribution in [0.4, 0.5) is 5.69 Å². The Balaban J connectivity index is 1.77. The minimum absolute atomic E-state index is 0.0128. The molecule has 6 heteroatoms. The van der Waals surface area contributed by atoms with Crippen molar-refractivity contribution in [2.75, 3.05) is 25.5 Å². The highest BCUT2D eigenvalue weighted by molar-refractivity contribution is 7.21. The van der Waals surface area contributed by atoms with Crippen LogP contribution in [0.25, 0.3) is 10.1 Å². The Labute approximate surface area is 162 Å². The third-order valence-electron chi connectivity index (χ3n) is 4.42. The largest absolute Gasteiger partial charge is 0.495 e. The minimum Gasteiger partial charge on any atom is -0.495 e. The first-order chi connectivity index (χ1) is 13.0. The van der Waals surface area contributed by atoms with Gasteiger partial charge in [0, 0.05) is 11.2 Å². The normalized spacial score (nSPS) is 10.6. The van der Waals surface area contributed by atoms with Crippen molar-refractivity contribution >= 4 is 38.9 Å². The molecule has 0 aliphatic rings. The molecule has 1 aromatic heterocycles. The van der Waals surface area contributed by atoms with E-state index in [0.717, 1.165) is 15.6 Å². The van der Waals surface area contributed by atoms with Gasteiger partial charge in [-0.25, -0.2) is 0 Å². The Morgan fingerprint density at radius 1 is 1.11 bits per heavy atom. The van der Waals surface area contributed by atoms with E-state index in [1.54, 1.807) is 24.1 Å². The molecule has 5 nitrogen and oxygen atoms in total. The molecule has 0 saturated heterocycles. The summed E-state index contributed by atoms with van der Waals surface area (Å²) in [4.78, 5) is 27.7. The summed E-state index contributed by atoms with van der Waals surface area (Å²) in [5.41, 5.74) is 1.55. The van der Waals surface area contributed by atoms with Crippen LogP contribution in [0.15, 0.2) is 48.5 Å². The quantitative estimate of drug-likeness (QED) is 0.691. The second kappa shape index (κ2) is 8.22. The molecule has 0 aliphatic carbocycles. The van der Waals surface area contributed by atoms with Gasteiger partial charge >= 0.3 is 0 Å². The van der Waals surface area contributed by atoms with E-state index in [9.17, 15) is 9.59 Å². The number of nitrogens with zero attached hydrogens (tertiary/aromatic N) is 1. The summed E-state index contributed by atoms with van der Waals surface area (Å²) in [6, 6.07) is 15.2. The standard InChI is InChI=1S/C21H22N2O3S/c1-4-23(13-19(24)22-16-10-6-7-11-17(16)26-3)21(25)20-14(2)15-9-5-8-12-18(15)27-20/h5-12H,4,13H2,1-3H3,(H,22,24). The summed E-state index contributed by atoms with van der Waals surface area (Å²) in [7, 11) is 1.55. The zero-order valence-electron chi connectivity index (χ0n) is 15.6. The molecule has 0 atom stereocenters. The average molecular weight is 382 g/mol. The first-order valence-corrected chi connectivity index (χ1v) is 9.57. The Morgan fingerprint density at radius 3 is 2.52 bits per heavy atom. The highest BCUT2D eigenvalue weighted by Crippen LogP contribution is 2.31. The van der Waals surface area contributed by atoms with Crippen LogP contribution in [0.5, 0.6) is 5.75 Å². The lowest BCUT2D eigenvalue weighted by Gasteiger charge is -2.20. The molecule has 2 amide bonds. The zero-order chi connectivity index (χ0) is 19.4. The molecule has 27 heavy (non-hydrogen) atoms. The first-order valence-electron chi connectivity index (χ1n) is 8.75. The summed E-state index contributed by atoms with van der Waals surface area (Å²) < 4.78 is 6.33. The highest BCUT2D eigenvalue weighted by atomic mass is 32.1. The van der Waals surface area contributed by atoms with E-state index in [-0.39, 0.29) is 18.4 Å². The van der Waals surface area contributed by atoms with E-state index in [1.807, 2.05) is 50.2 Å². The van der Waals surface area contributed by atoms with Crippen LogP contribution in [0, 0.1) is 6.92 Å². The van der Waals surface area contributed by atoms with Gasteiger partial charge in [0.2, 0.25) is 5.91 Å². The molecular weight excluding hydrogens is 360 g/mol. The molecule has 3 rings (SSSR count). The molecule has 2 aromatic carbocycles. The third-order valence-corrected chi connectivity index (χ3v) is 5.68. The average Bonchev–Trinajstić information content (AvgIpc) is 3.03. The number of benzene rings is 2. The lowest BCUT2D eigenvalue weighted by atomic mass is 10.1. The summed E-state index contributed by atoms with van der Waals surface area (Å²) in [6.07, 6.45) is 0. The van der Waals surface area contributed by atoms with Gasteiger partial charge in [0.25, 0.3) is 5.91 Å².